The maximum Gasteiger partial charge on any atom is 0.250 e. The van der Waals surface area contributed by atoms with Crippen molar-refractivity contribution in [2.24, 2.45) is 0 Å². The molecule has 0 bridgehead atoms. The Morgan fingerprint density at radius 1 is 1.26 bits per heavy atom. The van der Waals surface area contributed by atoms with Gasteiger partial charge < -0.3 is 5.32 Å². The SMILES string of the molecule is Cc1cc(C)c2cc3c(nc2c1)N(C(=O)C1CCC(=O)N1)CC3. The minimum Gasteiger partial charge on any atom is -0.344 e. The summed E-state index contributed by atoms with van der Waals surface area (Å²) in [5, 5.41) is 3.91. The first-order valence-corrected chi connectivity index (χ1v) is 8.04. The molecular weight excluding hydrogens is 290 g/mol. The summed E-state index contributed by atoms with van der Waals surface area (Å²) in [5.41, 5.74) is 4.42. The number of hydrogen-bond donors (Lipinski definition) is 1. The molecule has 2 aliphatic rings. The standard InChI is InChI=1S/C18H19N3O2/c1-10-7-11(2)13-9-12-5-6-21(17(12)20-15(13)8-10)18(23)14-3-4-16(22)19-14/h7-9,14H,3-6H2,1-2H3,(H,19,22). The summed E-state index contributed by atoms with van der Waals surface area (Å²) in [5.74, 6) is 0.681. The highest BCUT2D eigenvalue weighted by Gasteiger charge is 2.35. The van der Waals surface area contributed by atoms with Crippen molar-refractivity contribution in [2.45, 2.75) is 39.2 Å². The summed E-state index contributed by atoms with van der Waals surface area (Å²) in [4.78, 5) is 30.6. The summed E-state index contributed by atoms with van der Waals surface area (Å²) in [6.07, 6.45) is 1.83. The maximum atomic E-state index is 12.7. The highest BCUT2D eigenvalue weighted by Crippen LogP contribution is 2.32. The monoisotopic (exact) mass is 309 g/mol. The number of pyridine rings is 1. The van der Waals surface area contributed by atoms with Gasteiger partial charge in [-0.05, 0) is 55.5 Å². The molecule has 1 atom stereocenters. The lowest BCUT2D eigenvalue weighted by molar-refractivity contribution is -0.124. The van der Waals surface area contributed by atoms with Crippen LogP contribution in [-0.2, 0) is 16.0 Å². The number of fused-ring (bicyclic) bond motifs is 2. The van der Waals surface area contributed by atoms with E-state index in [4.69, 9.17) is 4.98 Å². The minimum atomic E-state index is -0.398. The molecule has 1 fully saturated rings. The van der Waals surface area contributed by atoms with Crippen LogP contribution in [0.5, 0.6) is 0 Å². The zero-order valence-corrected chi connectivity index (χ0v) is 13.3. The highest BCUT2D eigenvalue weighted by atomic mass is 16.2. The minimum absolute atomic E-state index is 0.0363. The maximum absolute atomic E-state index is 12.7. The van der Waals surface area contributed by atoms with Gasteiger partial charge in [-0.3, -0.25) is 14.5 Å². The van der Waals surface area contributed by atoms with E-state index in [1.54, 1.807) is 4.90 Å². The van der Waals surface area contributed by atoms with Crippen LogP contribution < -0.4 is 10.2 Å². The number of hydrogen-bond acceptors (Lipinski definition) is 3. The third-order valence-corrected chi connectivity index (χ3v) is 4.76. The molecule has 1 aromatic heterocycles. The second-order valence-electron chi connectivity index (χ2n) is 6.52. The summed E-state index contributed by atoms with van der Waals surface area (Å²) in [7, 11) is 0. The lowest BCUT2D eigenvalue weighted by atomic mass is 10.0. The fourth-order valence-corrected chi connectivity index (χ4v) is 3.62. The molecule has 1 N–H and O–H groups in total. The molecule has 4 rings (SSSR count). The van der Waals surface area contributed by atoms with E-state index >= 15 is 0 Å². The molecule has 2 aromatic rings. The van der Waals surface area contributed by atoms with Gasteiger partial charge in [0, 0.05) is 18.4 Å². The molecule has 2 aliphatic heterocycles. The quantitative estimate of drug-likeness (QED) is 0.876. The van der Waals surface area contributed by atoms with Crippen molar-refractivity contribution in [3.8, 4) is 0 Å². The van der Waals surface area contributed by atoms with Crippen LogP contribution in [0.1, 0.15) is 29.5 Å². The van der Waals surface area contributed by atoms with Crippen molar-refractivity contribution in [3.63, 3.8) is 0 Å². The van der Waals surface area contributed by atoms with E-state index in [1.807, 2.05) is 0 Å². The molecule has 1 unspecified atom stereocenters. The molecule has 0 radical (unpaired) electrons. The van der Waals surface area contributed by atoms with E-state index in [0.29, 0.717) is 19.4 Å². The van der Waals surface area contributed by atoms with Gasteiger partial charge in [-0.15, -0.1) is 0 Å². The Bertz CT molecular complexity index is 844. The third kappa shape index (κ3) is 2.27. The number of anilines is 1. The Labute approximate surface area is 134 Å². The Hall–Kier alpha value is -2.43. The van der Waals surface area contributed by atoms with E-state index in [1.165, 1.54) is 11.1 Å². The van der Waals surface area contributed by atoms with Gasteiger partial charge in [0.15, 0.2) is 0 Å². The second-order valence-corrected chi connectivity index (χ2v) is 6.52. The first-order chi connectivity index (χ1) is 11.0. The first-order valence-electron chi connectivity index (χ1n) is 8.04. The molecular formula is C18H19N3O2. The Morgan fingerprint density at radius 3 is 2.83 bits per heavy atom. The molecule has 3 heterocycles. The molecule has 5 heteroatoms. The third-order valence-electron chi connectivity index (χ3n) is 4.76. The van der Waals surface area contributed by atoms with E-state index in [-0.39, 0.29) is 11.8 Å². The fourth-order valence-electron chi connectivity index (χ4n) is 3.62. The number of carbonyl (C=O) groups is 2. The van der Waals surface area contributed by atoms with Crippen molar-refractivity contribution in [2.75, 3.05) is 11.4 Å². The molecule has 1 saturated heterocycles. The number of nitrogens with one attached hydrogen (secondary N) is 1. The summed E-state index contributed by atoms with van der Waals surface area (Å²) >= 11 is 0. The largest absolute Gasteiger partial charge is 0.344 e. The zero-order valence-electron chi connectivity index (χ0n) is 13.3. The lowest BCUT2D eigenvalue weighted by Crippen LogP contribution is -2.44. The molecule has 1 aromatic carbocycles. The van der Waals surface area contributed by atoms with Crippen molar-refractivity contribution >= 4 is 28.5 Å². The molecule has 2 amide bonds. The molecule has 5 nitrogen and oxygen atoms in total. The van der Waals surface area contributed by atoms with Crippen LogP contribution in [0.3, 0.4) is 0 Å². The van der Waals surface area contributed by atoms with Crippen molar-refractivity contribution < 1.29 is 9.59 Å². The van der Waals surface area contributed by atoms with Crippen LogP contribution >= 0.6 is 0 Å². The van der Waals surface area contributed by atoms with Crippen LogP contribution in [0.4, 0.5) is 5.82 Å². The van der Waals surface area contributed by atoms with Gasteiger partial charge in [0.05, 0.1) is 5.52 Å². The Morgan fingerprint density at radius 2 is 2.09 bits per heavy atom. The fraction of sp³-hybridized carbons (Fsp3) is 0.389. The number of benzene rings is 1. The topological polar surface area (TPSA) is 62.3 Å². The first kappa shape index (κ1) is 14.2. The van der Waals surface area contributed by atoms with Gasteiger partial charge >= 0.3 is 0 Å². The van der Waals surface area contributed by atoms with E-state index < -0.39 is 6.04 Å². The van der Waals surface area contributed by atoms with E-state index in [9.17, 15) is 9.59 Å². The summed E-state index contributed by atoms with van der Waals surface area (Å²) in [6, 6.07) is 5.97. The number of nitrogens with zero attached hydrogens (tertiary/aromatic N) is 2. The lowest BCUT2D eigenvalue weighted by Gasteiger charge is -2.20. The summed E-state index contributed by atoms with van der Waals surface area (Å²) in [6.45, 7) is 4.79. The smallest absolute Gasteiger partial charge is 0.250 e. The van der Waals surface area contributed by atoms with Crippen LogP contribution in [0.25, 0.3) is 10.9 Å². The van der Waals surface area contributed by atoms with Gasteiger partial charge in [-0.25, -0.2) is 4.98 Å². The Kier molecular flexibility index (Phi) is 3.11. The molecule has 23 heavy (non-hydrogen) atoms. The zero-order chi connectivity index (χ0) is 16.1. The molecule has 0 aliphatic carbocycles. The Balaban J connectivity index is 1.74. The van der Waals surface area contributed by atoms with E-state index in [2.05, 4.69) is 37.4 Å². The average molecular weight is 309 g/mol. The van der Waals surface area contributed by atoms with Crippen LogP contribution in [0, 0.1) is 13.8 Å². The number of amides is 2. The van der Waals surface area contributed by atoms with Gasteiger partial charge in [0.1, 0.15) is 11.9 Å². The van der Waals surface area contributed by atoms with Crippen molar-refractivity contribution in [1.82, 2.24) is 10.3 Å². The number of aromatic nitrogens is 1. The van der Waals surface area contributed by atoms with Gasteiger partial charge in [-0.2, -0.15) is 0 Å². The molecule has 0 saturated carbocycles. The van der Waals surface area contributed by atoms with Crippen LogP contribution in [-0.4, -0.2) is 29.4 Å². The highest BCUT2D eigenvalue weighted by molar-refractivity contribution is 6.02. The van der Waals surface area contributed by atoms with Gasteiger partial charge in [0.25, 0.3) is 5.91 Å². The summed E-state index contributed by atoms with van der Waals surface area (Å²) < 4.78 is 0. The molecule has 118 valence electrons. The second kappa shape index (κ2) is 5.05. The predicted octanol–water partition coefficient (Wildman–Crippen LogP) is 2.02. The predicted molar refractivity (Wildman–Crippen MR) is 88.4 cm³/mol. The number of aryl methyl sites for hydroxylation is 2. The van der Waals surface area contributed by atoms with Crippen LogP contribution in [0.2, 0.25) is 0 Å². The van der Waals surface area contributed by atoms with Crippen molar-refractivity contribution in [3.05, 3.63) is 34.9 Å². The number of rotatable bonds is 1. The van der Waals surface area contributed by atoms with Crippen molar-refractivity contribution in [1.29, 1.82) is 0 Å². The van der Waals surface area contributed by atoms with E-state index in [0.717, 1.165) is 28.7 Å². The normalized spacial score (nSPS) is 20.0. The van der Waals surface area contributed by atoms with Gasteiger partial charge in [0.2, 0.25) is 5.91 Å². The van der Waals surface area contributed by atoms with Crippen LogP contribution in [0.15, 0.2) is 18.2 Å². The molecule has 0 spiro atoms. The number of carbonyl (C=O) groups excluding carboxylic acids is 2. The van der Waals surface area contributed by atoms with Gasteiger partial charge in [-0.1, -0.05) is 6.07 Å². The average Bonchev–Trinajstić information content (AvgIpc) is 3.11.